The van der Waals surface area contributed by atoms with Crippen LogP contribution in [-0.2, 0) is 12.0 Å². The molecule has 0 saturated heterocycles. The largest absolute Gasteiger partial charge is 0.297 e. The Morgan fingerprint density at radius 1 is 1.21 bits per heavy atom. The molecule has 0 amide bonds. The van der Waals surface area contributed by atoms with Crippen molar-refractivity contribution in [1.82, 2.24) is 14.8 Å². The molecule has 6 heteroatoms. The number of aromatic nitrogens is 3. The standard InChI is InChI=1S/C13H14Cl2FN3/c1-13(2,3)11-17-18-12(15)19(11)7-8-4-5-10(16)9(14)6-8/h4-6H,7H2,1-3H3. The lowest BCUT2D eigenvalue weighted by molar-refractivity contribution is 0.509. The Hall–Kier alpha value is -1.13. The van der Waals surface area contributed by atoms with Gasteiger partial charge in [0.2, 0.25) is 5.28 Å². The molecule has 3 nitrogen and oxygen atoms in total. The molecule has 0 aliphatic rings. The second-order valence-corrected chi connectivity index (χ2v) is 6.12. The minimum Gasteiger partial charge on any atom is -0.297 e. The van der Waals surface area contributed by atoms with Gasteiger partial charge in [-0.05, 0) is 29.3 Å². The summed E-state index contributed by atoms with van der Waals surface area (Å²) in [6.07, 6.45) is 0. The van der Waals surface area contributed by atoms with Crippen molar-refractivity contribution in [2.24, 2.45) is 0 Å². The van der Waals surface area contributed by atoms with Crippen LogP contribution in [-0.4, -0.2) is 14.8 Å². The fraction of sp³-hybridized carbons (Fsp3) is 0.385. The predicted octanol–water partition coefficient (Wildman–Crippen LogP) is 4.07. The molecular formula is C13H14Cl2FN3. The van der Waals surface area contributed by atoms with Crippen LogP contribution in [0, 0.1) is 5.82 Å². The van der Waals surface area contributed by atoms with E-state index in [0.29, 0.717) is 11.8 Å². The van der Waals surface area contributed by atoms with Crippen molar-refractivity contribution in [2.45, 2.75) is 32.7 Å². The third-order valence-corrected chi connectivity index (χ3v) is 3.27. The van der Waals surface area contributed by atoms with Gasteiger partial charge in [0.05, 0.1) is 11.6 Å². The molecule has 0 spiro atoms. The quantitative estimate of drug-likeness (QED) is 0.837. The van der Waals surface area contributed by atoms with Gasteiger partial charge in [-0.1, -0.05) is 38.4 Å². The van der Waals surface area contributed by atoms with E-state index in [-0.39, 0.29) is 10.4 Å². The summed E-state index contributed by atoms with van der Waals surface area (Å²) in [5, 5.41) is 8.39. The molecule has 0 fully saturated rings. The Morgan fingerprint density at radius 2 is 1.89 bits per heavy atom. The van der Waals surface area contributed by atoms with Crippen LogP contribution < -0.4 is 0 Å². The normalized spacial score (nSPS) is 11.9. The van der Waals surface area contributed by atoms with Gasteiger partial charge in [0, 0.05) is 5.41 Å². The molecular weight excluding hydrogens is 288 g/mol. The Kier molecular flexibility index (Phi) is 3.83. The van der Waals surface area contributed by atoms with Gasteiger partial charge in [-0.2, -0.15) is 0 Å². The maximum atomic E-state index is 13.1. The average Bonchev–Trinajstić information content (AvgIpc) is 2.65. The van der Waals surface area contributed by atoms with E-state index in [9.17, 15) is 4.39 Å². The van der Waals surface area contributed by atoms with Crippen LogP contribution in [0.25, 0.3) is 0 Å². The van der Waals surface area contributed by atoms with Gasteiger partial charge >= 0.3 is 0 Å². The second kappa shape index (κ2) is 5.10. The summed E-state index contributed by atoms with van der Waals surface area (Å²) in [6.45, 7) is 6.54. The van der Waals surface area contributed by atoms with Gasteiger partial charge in [-0.15, -0.1) is 10.2 Å². The number of halogens is 3. The first-order valence-electron chi connectivity index (χ1n) is 5.82. The average molecular weight is 302 g/mol. The molecule has 1 aromatic carbocycles. The van der Waals surface area contributed by atoms with Gasteiger partial charge < -0.3 is 0 Å². The van der Waals surface area contributed by atoms with Crippen LogP contribution in [0.4, 0.5) is 4.39 Å². The van der Waals surface area contributed by atoms with Crippen LogP contribution in [0.1, 0.15) is 32.2 Å². The van der Waals surface area contributed by atoms with E-state index in [4.69, 9.17) is 23.2 Å². The Bertz CT molecular complexity index is 602. The maximum Gasteiger partial charge on any atom is 0.225 e. The van der Waals surface area contributed by atoms with Crippen LogP contribution in [0.3, 0.4) is 0 Å². The zero-order valence-electron chi connectivity index (χ0n) is 10.9. The molecule has 19 heavy (non-hydrogen) atoms. The monoisotopic (exact) mass is 301 g/mol. The lowest BCUT2D eigenvalue weighted by Gasteiger charge is -2.19. The van der Waals surface area contributed by atoms with Gasteiger partial charge in [0.1, 0.15) is 11.6 Å². The minimum absolute atomic E-state index is 0.0963. The molecule has 0 aliphatic heterocycles. The van der Waals surface area contributed by atoms with Crippen molar-refractivity contribution in [3.05, 3.63) is 45.7 Å². The van der Waals surface area contributed by atoms with Crippen molar-refractivity contribution in [2.75, 3.05) is 0 Å². The zero-order chi connectivity index (χ0) is 14.2. The highest BCUT2D eigenvalue weighted by Crippen LogP contribution is 2.25. The molecule has 2 rings (SSSR count). The Balaban J connectivity index is 2.38. The Labute approximate surface area is 121 Å². The van der Waals surface area contributed by atoms with E-state index in [1.54, 1.807) is 16.7 Å². The van der Waals surface area contributed by atoms with Crippen molar-refractivity contribution < 1.29 is 4.39 Å². The summed E-state index contributed by atoms with van der Waals surface area (Å²) in [7, 11) is 0. The van der Waals surface area contributed by atoms with Gasteiger partial charge in [-0.3, -0.25) is 4.57 Å². The van der Waals surface area contributed by atoms with Gasteiger partial charge in [0.25, 0.3) is 0 Å². The predicted molar refractivity (Wildman–Crippen MR) is 74.2 cm³/mol. The van der Waals surface area contributed by atoms with Crippen LogP contribution in [0.15, 0.2) is 18.2 Å². The summed E-state index contributed by atoms with van der Waals surface area (Å²) in [5.41, 5.74) is 0.669. The summed E-state index contributed by atoms with van der Waals surface area (Å²) < 4.78 is 14.9. The van der Waals surface area contributed by atoms with Gasteiger partial charge in [-0.25, -0.2) is 4.39 Å². The van der Waals surface area contributed by atoms with E-state index in [2.05, 4.69) is 10.2 Å². The summed E-state index contributed by atoms with van der Waals surface area (Å²) >= 11 is 11.8. The van der Waals surface area contributed by atoms with Crippen molar-refractivity contribution in [1.29, 1.82) is 0 Å². The summed E-state index contributed by atoms with van der Waals surface area (Å²) in [4.78, 5) is 0. The summed E-state index contributed by atoms with van der Waals surface area (Å²) in [6, 6.07) is 4.59. The molecule has 2 aromatic rings. The fourth-order valence-corrected chi connectivity index (χ4v) is 2.18. The number of nitrogens with zero attached hydrogens (tertiary/aromatic N) is 3. The molecule has 0 atom stereocenters. The highest BCUT2D eigenvalue weighted by molar-refractivity contribution is 6.30. The molecule has 0 N–H and O–H groups in total. The van der Waals surface area contributed by atoms with Crippen LogP contribution in [0.2, 0.25) is 10.3 Å². The lowest BCUT2D eigenvalue weighted by Crippen LogP contribution is -2.19. The van der Waals surface area contributed by atoms with Crippen molar-refractivity contribution in [3.63, 3.8) is 0 Å². The number of benzene rings is 1. The molecule has 1 aromatic heterocycles. The molecule has 0 aliphatic carbocycles. The van der Waals surface area contributed by atoms with E-state index in [1.807, 2.05) is 20.8 Å². The second-order valence-electron chi connectivity index (χ2n) is 5.38. The molecule has 0 unspecified atom stereocenters. The van der Waals surface area contributed by atoms with E-state index in [1.165, 1.54) is 6.07 Å². The van der Waals surface area contributed by atoms with E-state index in [0.717, 1.165) is 11.4 Å². The maximum absolute atomic E-state index is 13.1. The lowest BCUT2D eigenvalue weighted by atomic mass is 9.95. The molecule has 0 saturated carbocycles. The first-order chi connectivity index (χ1) is 8.79. The fourth-order valence-electron chi connectivity index (χ4n) is 1.80. The Morgan fingerprint density at radius 3 is 2.47 bits per heavy atom. The van der Waals surface area contributed by atoms with E-state index >= 15 is 0 Å². The van der Waals surface area contributed by atoms with Crippen molar-refractivity contribution >= 4 is 23.2 Å². The SMILES string of the molecule is CC(C)(C)c1nnc(Cl)n1Cc1ccc(F)c(Cl)c1. The first kappa shape index (κ1) is 14.3. The topological polar surface area (TPSA) is 30.7 Å². The first-order valence-corrected chi connectivity index (χ1v) is 6.58. The number of hydrogen-bond donors (Lipinski definition) is 0. The highest BCUT2D eigenvalue weighted by atomic mass is 35.5. The van der Waals surface area contributed by atoms with Crippen LogP contribution >= 0.6 is 23.2 Å². The van der Waals surface area contributed by atoms with E-state index < -0.39 is 5.82 Å². The highest BCUT2D eigenvalue weighted by Gasteiger charge is 2.23. The molecule has 1 heterocycles. The number of hydrogen-bond acceptors (Lipinski definition) is 2. The number of rotatable bonds is 2. The molecule has 102 valence electrons. The molecule has 0 radical (unpaired) electrons. The third-order valence-electron chi connectivity index (χ3n) is 2.70. The van der Waals surface area contributed by atoms with Crippen LogP contribution in [0.5, 0.6) is 0 Å². The van der Waals surface area contributed by atoms with Gasteiger partial charge in [0.15, 0.2) is 0 Å². The summed E-state index contributed by atoms with van der Waals surface area (Å²) in [5.74, 6) is 0.342. The van der Waals surface area contributed by atoms with Crippen molar-refractivity contribution in [3.8, 4) is 0 Å². The smallest absolute Gasteiger partial charge is 0.225 e. The minimum atomic E-state index is -0.434. The third kappa shape index (κ3) is 3.07. The zero-order valence-corrected chi connectivity index (χ0v) is 12.4. The molecule has 0 bridgehead atoms.